The molecule has 5 bridgehead atoms. The number of likely N-dealkylation sites (N-methyl/N-ethyl adjacent to an activating group) is 1. The quantitative estimate of drug-likeness (QED) is 0.592. The number of phenols is 1. The second-order valence-corrected chi connectivity index (χ2v) is 9.00. The summed E-state index contributed by atoms with van der Waals surface area (Å²) in [5, 5.41) is 10.4. The Bertz CT molecular complexity index is 944. The fourth-order valence-corrected chi connectivity index (χ4v) is 7.78. The molecule has 1 aromatic carbocycles. The first-order chi connectivity index (χ1) is 13.5. The minimum atomic E-state index is -0.764. The molecule has 0 radical (unpaired) electrons. The van der Waals surface area contributed by atoms with Crippen molar-refractivity contribution < 1.29 is 19.4 Å². The Kier molecular flexibility index (Phi) is 2.96. The standard InChI is InChI=1S/C22H26N2O4/c1-4-13-11-24-8-7-21-16-9-14(25)5-6-17(16)23(2)22(21)18(24)10-15(13)20(21,12-28-22)19(26)27-3/h4-6,9,15,18,25H,7-8,10-12H2,1-3H3/b13-4-/t15?,18?,20-,21?,22?/m1/s1. The second-order valence-electron chi connectivity index (χ2n) is 9.00. The zero-order chi connectivity index (χ0) is 19.5. The topological polar surface area (TPSA) is 62.2 Å². The number of methoxy groups -OCH3 is 1. The van der Waals surface area contributed by atoms with E-state index < -0.39 is 16.6 Å². The Morgan fingerprint density at radius 1 is 1.43 bits per heavy atom. The van der Waals surface area contributed by atoms with E-state index in [9.17, 15) is 9.90 Å². The van der Waals surface area contributed by atoms with Gasteiger partial charge in [-0.2, -0.15) is 0 Å². The van der Waals surface area contributed by atoms with Crippen molar-refractivity contribution in [3.05, 3.63) is 35.4 Å². The normalized spacial score (nSPS) is 44.0. The van der Waals surface area contributed by atoms with Gasteiger partial charge in [-0.25, -0.2) is 0 Å². The third-order valence-corrected chi connectivity index (χ3v) is 8.67. The van der Waals surface area contributed by atoms with E-state index >= 15 is 0 Å². The molecular weight excluding hydrogens is 356 g/mol. The van der Waals surface area contributed by atoms with Crippen LogP contribution in [0.4, 0.5) is 5.69 Å². The van der Waals surface area contributed by atoms with Crippen LogP contribution in [0.1, 0.15) is 25.3 Å². The van der Waals surface area contributed by atoms with Crippen molar-refractivity contribution >= 4 is 11.7 Å². The van der Waals surface area contributed by atoms with Crippen LogP contribution in [0.15, 0.2) is 29.8 Å². The highest BCUT2D eigenvalue weighted by Gasteiger charge is 2.86. The molecular formula is C22H26N2O4. The number of piperidine rings is 2. The molecule has 4 fully saturated rings. The maximum atomic E-state index is 13.6. The molecule has 3 saturated heterocycles. The zero-order valence-corrected chi connectivity index (χ0v) is 16.6. The number of aromatic hydroxyl groups is 1. The van der Waals surface area contributed by atoms with E-state index in [1.165, 1.54) is 12.7 Å². The van der Waals surface area contributed by atoms with Crippen LogP contribution in [0.25, 0.3) is 0 Å². The number of hydrogen-bond donors (Lipinski definition) is 1. The van der Waals surface area contributed by atoms with Gasteiger partial charge < -0.3 is 19.5 Å². The van der Waals surface area contributed by atoms with E-state index in [4.69, 9.17) is 9.47 Å². The molecule has 1 N–H and O–H groups in total. The van der Waals surface area contributed by atoms with Crippen molar-refractivity contribution in [2.75, 3.05) is 38.8 Å². The summed E-state index contributed by atoms with van der Waals surface area (Å²) in [4.78, 5) is 18.4. The third kappa shape index (κ3) is 1.37. The van der Waals surface area contributed by atoms with Gasteiger partial charge in [0.2, 0.25) is 0 Å². The molecule has 1 aliphatic carbocycles. The number of allylic oxidation sites excluding steroid dienone is 1. The fourth-order valence-electron chi connectivity index (χ4n) is 7.78. The van der Waals surface area contributed by atoms with Gasteiger partial charge >= 0.3 is 5.97 Å². The predicted octanol–water partition coefficient (Wildman–Crippen LogP) is 2.02. The summed E-state index contributed by atoms with van der Waals surface area (Å²) in [5.41, 5.74) is 1.54. The lowest BCUT2D eigenvalue weighted by atomic mass is 9.43. The molecule has 0 aromatic heterocycles. The smallest absolute Gasteiger partial charge is 0.315 e. The van der Waals surface area contributed by atoms with E-state index in [1.807, 2.05) is 12.1 Å². The average molecular weight is 382 g/mol. The van der Waals surface area contributed by atoms with Crippen LogP contribution in [0, 0.1) is 11.3 Å². The van der Waals surface area contributed by atoms with Crippen LogP contribution in [0.3, 0.4) is 0 Å². The van der Waals surface area contributed by atoms with Crippen LogP contribution < -0.4 is 4.90 Å². The number of fused-ring (bicyclic) bond motifs is 3. The van der Waals surface area contributed by atoms with E-state index in [0.717, 1.165) is 37.2 Å². The Labute approximate surface area is 164 Å². The van der Waals surface area contributed by atoms with E-state index in [-0.39, 0.29) is 23.7 Å². The SMILES string of the molecule is C/C=C1/CN2CCC34c5cc(O)ccc5N(C)C35OC[C@]4(C(=O)OC)C1CC25. The van der Waals surface area contributed by atoms with Gasteiger partial charge in [-0.05, 0) is 43.5 Å². The van der Waals surface area contributed by atoms with Gasteiger partial charge in [0.15, 0.2) is 5.72 Å². The number of benzene rings is 1. The molecule has 148 valence electrons. The zero-order valence-electron chi connectivity index (χ0n) is 16.6. The Morgan fingerprint density at radius 2 is 2.25 bits per heavy atom. The molecule has 1 aromatic rings. The van der Waals surface area contributed by atoms with Crippen molar-refractivity contribution in [3.8, 4) is 5.75 Å². The number of phenolic OH excluding ortho intramolecular Hbond substituents is 1. The van der Waals surface area contributed by atoms with Crippen molar-refractivity contribution in [1.29, 1.82) is 0 Å². The first-order valence-corrected chi connectivity index (χ1v) is 10.2. The van der Waals surface area contributed by atoms with Crippen LogP contribution in [0.2, 0.25) is 0 Å². The number of hydrogen-bond acceptors (Lipinski definition) is 6. The van der Waals surface area contributed by atoms with E-state index in [2.05, 4.69) is 29.8 Å². The summed E-state index contributed by atoms with van der Waals surface area (Å²) in [5.74, 6) is 0.170. The van der Waals surface area contributed by atoms with Gasteiger partial charge in [0.05, 0.1) is 25.2 Å². The number of anilines is 1. The Morgan fingerprint density at radius 3 is 3.00 bits per heavy atom. The molecule has 4 aliphatic heterocycles. The van der Waals surface area contributed by atoms with Gasteiger partial charge in [0.25, 0.3) is 0 Å². The molecule has 6 nitrogen and oxygen atoms in total. The van der Waals surface area contributed by atoms with Crippen molar-refractivity contribution in [3.63, 3.8) is 0 Å². The summed E-state index contributed by atoms with van der Waals surface area (Å²) >= 11 is 0. The summed E-state index contributed by atoms with van der Waals surface area (Å²) in [7, 11) is 3.58. The molecule has 4 unspecified atom stereocenters. The molecule has 4 heterocycles. The lowest BCUT2D eigenvalue weighted by molar-refractivity contribution is -0.184. The first kappa shape index (κ1) is 16.9. The van der Waals surface area contributed by atoms with Gasteiger partial charge in [-0.1, -0.05) is 11.6 Å². The molecule has 0 spiro atoms. The lowest BCUT2D eigenvalue weighted by Crippen LogP contribution is -2.80. The molecule has 28 heavy (non-hydrogen) atoms. The number of nitrogens with zero attached hydrogens (tertiary/aromatic N) is 2. The Hall–Kier alpha value is -2.05. The molecule has 6 rings (SSSR count). The number of rotatable bonds is 1. The van der Waals surface area contributed by atoms with Crippen LogP contribution in [0.5, 0.6) is 5.75 Å². The van der Waals surface area contributed by atoms with Crippen LogP contribution in [-0.2, 0) is 19.7 Å². The Balaban J connectivity index is 1.75. The molecule has 5 atom stereocenters. The molecule has 1 saturated carbocycles. The van der Waals surface area contributed by atoms with Crippen molar-refractivity contribution in [2.24, 2.45) is 11.3 Å². The summed E-state index contributed by atoms with van der Waals surface area (Å²) in [6.07, 6.45) is 3.92. The van der Waals surface area contributed by atoms with Gasteiger partial charge in [-0.15, -0.1) is 0 Å². The maximum absolute atomic E-state index is 13.6. The molecule has 6 heteroatoms. The number of carbonyl (C=O) groups excluding carboxylic acids is 1. The second kappa shape index (κ2) is 4.92. The fraction of sp³-hybridized carbons (Fsp3) is 0.591. The molecule has 5 aliphatic rings. The van der Waals surface area contributed by atoms with E-state index in [0.29, 0.717) is 6.61 Å². The summed E-state index contributed by atoms with van der Waals surface area (Å²) in [6.45, 7) is 4.25. The van der Waals surface area contributed by atoms with Crippen LogP contribution >= 0.6 is 0 Å². The van der Waals surface area contributed by atoms with Gasteiger partial charge in [-0.3, -0.25) is 9.69 Å². The van der Waals surface area contributed by atoms with Gasteiger partial charge in [0.1, 0.15) is 11.2 Å². The van der Waals surface area contributed by atoms with Crippen molar-refractivity contribution in [1.82, 2.24) is 4.90 Å². The highest BCUT2D eigenvalue weighted by Crippen LogP contribution is 2.76. The number of carbonyl (C=O) groups is 1. The highest BCUT2D eigenvalue weighted by molar-refractivity contribution is 5.86. The van der Waals surface area contributed by atoms with Crippen molar-refractivity contribution in [2.45, 2.75) is 36.9 Å². The van der Waals surface area contributed by atoms with E-state index in [1.54, 1.807) is 6.07 Å². The largest absolute Gasteiger partial charge is 0.508 e. The summed E-state index contributed by atoms with van der Waals surface area (Å²) < 4.78 is 12.2. The van der Waals surface area contributed by atoms with Crippen LogP contribution in [-0.4, -0.2) is 61.6 Å². The van der Waals surface area contributed by atoms with Gasteiger partial charge in [0, 0.05) is 31.7 Å². The minimum Gasteiger partial charge on any atom is -0.508 e. The maximum Gasteiger partial charge on any atom is 0.315 e. The monoisotopic (exact) mass is 382 g/mol. The minimum absolute atomic E-state index is 0.101. The lowest BCUT2D eigenvalue weighted by Gasteiger charge is -2.66. The number of ether oxygens (including phenoxy) is 2. The third-order valence-electron chi connectivity index (χ3n) is 8.67. The highest BCUT2D eigenvalue weighted by atomic mass is 16.6. The predicted molar refractivity (Wildman–Crippen MR) is 103 cm³/mol. The first-order valence-electron chi connectivity index (χ1n) is 10.2. The molecule has 0 amide bonds. The average Bonchev–Trinajstić information content (AvgIpc) is 3.08. The number of esters is 1. The summed E-state index contributed by atoms with van der Waals surface area (Å²) in [6, 6.07) is 5.79.